The molecular weight excluding hydrogens is 295 g/mol. The van der Waals surface area contributed by atoms with Crippen LogP contribution in [0.4, 0.5) is 4.39 Å². The minimum atomic E-state index is -0.204. The molecule has 0 saturated carbocycles. The highest BCUT2D eigenvalue weighted by Gasteiger charge is 2.11. The maximum absolute atomic E-state index is 13.2. The fraction of sp³-hybridized carbons (Fsp3) is 0.571. The van der Waals surface area contributed by atoms with Crippen LogP contribution in [0.3, 0.4) is 0 Å². The van der Waals surface area contributed by atoms with Gasteiger partial charge in [-0.2, -0.15) is 0 Å². The monoisotopic (exact) mass is 316 g/mol. The Hall–Kier alpha value is -0.450. The summed E-state index contributed by atoms with van der Waals surface area (Å²) in [6.45, 7) is 4.16. The van der Waals surface area contributed by atoms with Crippen molar-refractivity contribution in [3.8, 4) is 0 Å². The molecule has 1 unspecified atom stereocenters. The molecule has 1 aromatic carbocycles. The van der Waals surface area contributed by atoms with Gasteiger partial charge in [0.25, 0.3) is 0 Å². The largest absolute Gasteiger partial charge is 0.312 e. The normalized spacial score (nSPS) is 13.0. The molecule has 0 aromatic heterocycles. The lowest BCUT2D eigenvalue weighted by Gasteiger charge is -2.22. The molecule has 1 N–H and O–H groups in total. The lowest BCUT2D eigenvalue weighted by atomic mass is 10.1. The van der Waals surface area contributed by atoms with E-state index in [9.17, 15) is 4.39 Å². The van der Waals surface area contributed by atoms with E-state index in [1.165, 1.54) is 6.07 Å². The third-order valence-electron chi connectivity index (χ3n) is 2.73. The fourth-order valence-electron chi connectivity index (χ4n) is 1.94. The summed E-state index contributed by atoms with van der Waals surface area (Å²) >= 11 is 3.23. The van der Waals surface area contributed by atoms with Crippen LogP contribution in [0.25, 0.3) is 0 Å². The highest BCUT2D eigenvalue weighted by atomic mass is 79.9. The Bertz CT molecular complexity index is 369. The Morgan fingerprint density at radius 1 is 1.39 bits per heavy atom. The quantitative estimate of drug-likeness (QED) is 0.831. The van der Waals surface area contributed by atoms with E-state index in [0.29, 0.717) is 10.5 Å². The zero-order valence-electron chi connectivity index (χ0n) is 11.3. The van der Waals surface area contributed by atoms with E-state index < -0.39 is 0 Å². The van der Waals surface area contributed by atoms with Crippen molar-refractivity contribution in [1.82, 2.24) is 10.2 Å². The Labute approximate surface area is 118 Å². The first-order valence-electron chi connectivity index (χ1n) is 6.35. The molecule has 1 atom stereocenters. The minimum absolute atomic E-state index is 0.204. The summed E-state index contributed by atoms with van der Waals surface area (Å²) in [6, 6.07) is 5.64. The first-order chi connectivity index (χ1) is 8.52. The van der Waals surface area contributed by atoms with E-state index in [1.807, 2.05) is 12.1 Å². The summed E-state index contributed by atoms with van der Waals surface area (Å²) in [5.41, 5.74) is 1.15. The summed E-state index contributed by atoms with van der Waals surface area (Å²) in [5.74, 6) is -0.204. The Morgan fingerprint density at radius 3 is 2.67 bits per heavy atom. The highest BCUT2D eigenvalue weighted by molar-refractivity contribution is 9.10. The van der Waals surface area contributed by atoms with Gasteiger partial charge in [-0.1, -0.05) is 13.0 Å². The lowest BCUT2D eigenvalue weighted by molar-refractivity contribution is 0.336. The second kappa shape index (κ2) is 7.87. The van der Waals surface area contributed by atoms with Crippen molar-refractivity contribution in [2.45, 2.75) is 25.8 Å². The number of nitrogens with zero attached hydrogens (tertiary/aromatic N) is 1. The fourth-order valence-corrected chi connectivity index (χ4v) is 2.37. The molecule has 1 rings (SSSR count). The van der Waals surface area contributed by atoms with Gasteiger partial charge in [-0.05, 0) is 67.1 Å². The maximum atomic E-state index is 13.2. The maximum Gasteiger partial charge on any atom is 0.137 e. The molecule has 0 heterocycles. The van der Waals surface area contributed by atoms with Gasteiger partial charge in [0.2, 0.25) is 0 Å². The number of rotatable bonds is 7. The van der Waals surface area contributed by atoms with Crippen LogP contribution in [0.1, 0.15) is 18.9 Å². The molecule has 1 aromatic rings. The molecule has 0 bridgehead atoms. The summed E-state index contributed by atoms with van der Waals surface area (Å²) in [7, 11) is 4.14. The van der Waals surface area contributed by atoms with Crippen LogP contribution in [0.5, 0.6) is 0 Å². The number of hydrogen-bond acceptors (Lipinski definition) is 2. The highest BCUT2D eigenvalue weighted by Crippen LogP contribution is 2.17. The molecule has 0 spiro atoms. The van der Waals surface area contributed by atoms with Gasteiger partial charge in [-0.3, -0.25) is 0 Å². The van der Waals surface area contributed by atoms with Crippen LogP contribution in [-0.2, 0) is 6.42 Å². The van der Waals surface area contributed by atoms with Crippen LogP contribution in [-0.4, -0.2) is 38.1 Å². The summed E-state index contributed by atoms with van der Waals surface area (Å²) < 4.78 is 13.7. The van der Waals surface area contributed by atoms with Crippen molar-refractivity contribution < 1.29 is 4.39 Å². The average molecular weight is 317 g/mol. The van der Waals surface area contributed by atoms with Crippen LogP contribution in [0, 0.1) is 5.82 Å². The molecular formula is C14H22BrFN2. The summed E-state index contributed by atoms with van der Waals surface area (Å²) in [6.07, 6.45) is 2.04. The zero-order valence-corrected chi connectivity index (χ0v) is 12.9. The van der Waals surface area contributed by atoms with Crippen molar-refractivity contribution >= 4 is 15.9 Å². The molecule has 4 heteroatoms. The SMILES string of the molecule is CCCNC(Cc1ccc(F)c(Br)c1)CN(C)C. The Kier molecular flexibility index (Phi) is 6.82. The number of benzene rings is 1. The topological polar surface area (TPSA) is 15.3 Å². The Balaban J connectivity index is 2.65. The van der Waals surface area contributed by atoms with Gasteiger partial charge >= 0.3 is 0 Å². The van der Waals surface area contributed by atoms with Gasteiger partial charge in [0.1, 0.15) is 5.82 Å². The molecule has 0 amide bonds. The van der Waals surface area contributed by atoms with Crippen LogP contribution in [0.2, 0.25) is 0 Å². The van der Waals surface area contributed by atoms with Crippen molar-refractivity contribution in [3.63, 3.8) is 0 Å². The molecule has 2 nitrogen and oxygen atoms in total. The van der Waals surface area contributed by atoms with Crippen LogP contribution < -0.4 is 5.32 Å². The molecule has 0 aliphatic carbocycles. The van der Waals surface area contributed by atoms with E-state index in [2.05, 4.69) is 47.2 Å². The standard InChI is InChI=1S/C14H22BrFN2/c1-4-7-17-12(10-18(2)3)8-11-5-6-14(16)13(15)9-11/h5-6,9,12,17H,4,7-8,10H2,1-3H3. The molecule has 0 aliphatic rings. The van der Waals surface area contributed by atoms with Crippen LogP contribution in [0.15, 0.2) is 22.7 Å². The summed E-state index contributed by atoms with van der Waals surface area (Å²) in [5, 5.41) is 3.53. The van der Waals surface area contributed by atoms with E-state index in [-0.39, 0.29) is 5.82 Å². The van der Waals surface area contributed by atoms with Gasteiger partial charge in [-0.15, -0.1) is 0 Å². The molecule has 0 saturated heterocycles. The number of nitrogens with one attached hydrogen (secondary N) is 1. The molecule has 0 aliphatic heterocycles. The van der Waals surface area contributed by atoms with Crippen LogP contribution >= 0.6 is 15.9 Å². The third-order valence-corrected chi connectivity index (χ3v) is 3.34. The predicted molar refractivity (Wildman–Crippen MR) is 78.4 cm³/mol. The van der Waals surface area contributed by atoms with Crippen molar-refractivity contribution in [3.05, 3.63) is 34.1 Å². The van der Waals surface area contributed by atoms with Crippen molar-refractivity contribution in [2.75, 3.05) is 27.2 Å². The molecule has 0 radical (unpaired) electrons. The van der Waals surface area contributed by atoms with E-state index >= 15 is 0 Å². The molecule has 102 valence electrons. The van der Waals surface area contributed by atoms with Crippen molar-refractivity contribution in [2.24, 2.45) is 0 Å². The lowest BCUT2D eigenvalue weighted by Crippen LogP contribution is -2.40. The van der Waals surface area contributed by atoms with Gasteiger partial charge in [0.05, 0.1) is 4.47 Å². The number of likely N-dealkylation sites (N-methyl/N-ethyl adjacent to an activating group) is 1. The van der Waals surface area contributed by atoms with E-state index in [1.54, 1.807) is 0 Å². The molecule has 0 fully saturated rings. The average Bonchev–Trinajstić information content (AvgIpc) is 2.30. The second-order valence-electron chi connectivity index (χ2n) is 4.87. The number of hydrogen-bond donors (Lipinski definition) is 1. The van der Waals surface area contributed by atoms with Gasteiger partial charge in [0.15, 0.2) is 0 Å². The summed E-state index contributed by atoms with van der Waals surface area (Å²) in [4.78, 5) is 2.17. The van der Waals surface area contributed by atoms with Gasteiger partial charge < -0.3 is 10.2 Å². The zero-order chi connectivity index (χ0) is 13.5. The van der Waals surface area contributed by atoms with E-state index in [0.717, 1.165) is 31.5 Å². The minimum Gasteiger partial charge on any atom is -0.312 e. The Morgan fingerprint density at radius 2 is 2.11 bits per heavy atom. The number of halogens is 2. The second-order valence-corrected chi connectivity index (χ2v) is 5.72. The predicted octanol–water partition coefficient (Wildman–Crippen LogP) is 3.06. The smallest absolute Gasteiger partial charge is 0.137 e. The molecule has 18 heavy (non-hydrogen) atoms. The van der Waals surface area contributed by atoms with Crippen molar-refractivity contribution in [1.29, 1.82) is 0 Å². The van der Waals surface area contributed by atoms with Gasteiger partial charge in [-0.25, -0.2) is 4.39 Å². The first-order valence-corrected chi connectivity index (χ1v) is 7.14. The van der Waals surface area contributed by atoms with E-state index in [4.69, 9.17) is 0 Å². The third kappa shape index (κ3) is 5.46. The van der Waals surface area contributed by atoms with Gasteiger partial charge in [0, 0.05) is 12.6 Å². The first kappa shape index (κ1) is 15.6.